The van der Waals surface area contributed by atoms with Crippen LogP contribution < -0.4 is 0 Å². The SMILES string of the molecule is CC(C#N)CN(C)C(=O)c1cc2sccc2s1. The maximum absolute atomic E-state index is 12.1. The summed E-state index contributed by atoms with van der Waals surface area (Å²) in [6.07, 6.45) is 0. The molecule has 5 heteroatoms. The van der Waals surface area contributed by atoms with E-state index in [4.69, 9.17) is 5.26 Å². The van der Waals surface area contributed by atoms with E-state index in [1.165, 1.54) is 11.3 Å². The molecule has 0 spiro atoms. The fourth-order valence-electron chi connectivity index (χ4n) is 1.59. The smallest absolute Gasteiger partial charge is 0.263 e. The minimum absolute atomic E-state index is 0.000463. The molecule has 1 amide bonds. The average Bonchev–Trinajstić information content (AvgIpc) is 2.87. The Balaban J connectivity index is 2.15. The monoisotopic (exact) mass is 264 g/mol. The molecule has 0 fully saturated rings. The number of hydrogen-bond donors (Lipinski definition) is 0. The molecule has 2 rings (SSSR count). The van der Waals surface area contributed by atoms with Gasteiger partial charge < -0.3 is 4.90 Å². The van der Waals surface area contributed by atoms with E-state index >= 15 is 0 Å². The summed E-state index contributed by atoms with van der Waals surface area (Å²) in [5.74, 6) is -0.134. The largest absolute Gasteiger partial charge is 0.340 e. The lowest BCUT2D eigenvalue weighted by molar-refractivity contribution is 0.0790. The van der Waals surface area contributed by atoms with Gasteiger partial charge in [0.15, 0.2) is 0 Å². The first-order valence-corrected chi connectivity index (χ1v) is 6.93. The predicted octanol–water partition coefficient (Wildman–Crippen LogP) is 3.19. The van der Waals surface area contributed by atoms with Crippen molar-refractivity contribution < 1.29 is 4.79 Å². The Morgan fingerprint density at radius 2 is 2.35 bits per heavy atom. The molecule has 17 heavy (non-hydrogen) atoms. The number of carbonyl (C=O) groups excluding carboxylic acids is 1. The summed E-state index contributed by atoms with van der Waals surface area (Å²) >= 11 is 3.15. The van der Waals surface area contributed by atoms with Gasteiger partial charge in [-0.05, 0) is 24.4 Å². The average molecular weight is 264 g/mol. The van der Waals surface area contributed by atoms with Crippen LogP contribution in [0.15, 0.2) is 17.5 Å². The molecular weight excluding hydrogens is 252 g/mol. The molecule has 0 aliphatic rings. The summed E-state index contributed by atoms with van der Waals surface area (Å²) in [7, 11) is 1.74. The van der Waals surface area contributed by atoms with E-state index in [-0.39, 0.29) is 11.8 Å². The van der Waals surface area contributed by atoms with Gasteiger partial charge >= 0.3 is 0 Å². The van der Waals surface area contributed by atoms with Crippen molar-refractivity contribution >= 4 is 38.0 Å². The maximum atomic E-state index is 12.1. The van der Waals surface area contributed by atoms with E-state index in [9.17, 15) is 4.79 Å². The normalized spacial score (nSPS) is 12.3. The van der Waals surface area contributed by atoms with Gasteiger partial charge in [0.2, 0.25) is 0 Å². The molecule has 0 N–H and O–H groups in total. The second kappa shape index (κ2) is 4.86. The number of nitrogens with zero attached hydrogens (tertiary/aromatic N) is 2. The minimum Gasteiger partial charge on any atom is -0.340 e. The summed E-state index contributed by atoms with van der Waals surface area (Å²) in [4.78, 5) is 14.5. The van der Waals surface area contributed by atoms with Crippen molar-refractivity contribution in [2.75, 3.05) is 13.6 Å². The maximum Gasteiger partial charge on any atom is 0.263 e. The fourth-order valence-corrected chi connectivity index (χ4v) is 3.70. The zero-order valence-electron chi connectivity index (χ0n) is 9.64. The van der Waals surface area contributed by atoms with Crippen LogP contribution in [0.5, 0.6) is 0 Å². The number of carbonyl (C=O) groups is 1. The second-order valence-corrected chi connectivity index (χ2v) is 6.01. The Labute approximate surface area is 108 Å². The quantitative estimate of drug-likeness (QED) is 0.854. The summed E-state index contributed by atoms with van der Waals surface area (Å²) in [5, 5.41) is 10.8. The van der Waals surface area contributed by atoms with Gasteiger partial charge in [0, 0.05) is 23.0 Å². The van der Waals surface area contributed by atoms with Gasteiger partial charge in [-0.2, -0.15) is 5.26 Å². The van der Waals surface area contributed by atoms with E-state index in [2.05, 4.69) is 6.07 Å². The molecule has 0 aliphatic heterocycles. The second-order valence-electron chi connectivity index (χ2n) is 3.98. The van der Waals surface area contributed by atoms with Crippen LogP contribution in [-0.2, 0) is 0 Å². The third kappa shape index (κ3) is 2.48. The molecule has 0 aromatic carbocycles. The van der Waals surface area contributed by atoms with Crippen molar-refractivity contribution in [3.63, 3.8) is 0 Å². The van der Waals surface area contributed by atoms with Crippen molar-refractivity contribution in [3.05, 3.63) is 22.4 Å². The molecule has 2 heterocycles. The van der Waals surface area contributed by atoms with E-state index in [1.54, 1.807) is 23.3 Å². The molecule has 0 saturated carbocycles. The molecule has 0 saturated heterocycles. The Hall–Kier alpha value is -1.38. The van der Waals surface area contributed by atoms with Crippen LogP contribution in [0.25, 0.3) is 9.40 Å². The number of nitriles is 1. The highest BCUT2D eigenvalue weighted by Crippen LogP contribution is 2.30. The molecular formula is C12H12N2OS2. The molecule has 2 aromatic rings. The van der Waals surface area contributed by atoms with Crippen LogP contribution in [0.1, 0.15) is 16.6 Å². The van der Waals surface area contributed by atoms with Crippen LogP contribution in [-0.4, -0.2) is 24.4 Å². The molecule has 1 unspecified atom stereocenters. The Morgan fingerprint density at radius 3 is 3.00 bits per heavy atom. The van der Waals surface area contributed by atoms with Crippen molar-refractivity contribution in [3.8, 4) is 6.07 Å². The highest BCUT2D eigenvalue weighted by Gasteiger charge is 2.17. The first-order valence-electron chi connectivity index (χ1n) is 5.24. The summed E-state index contributed by atoms with van der Waals surface area (Å²) in [5.41, 5.74) is 0. The van der Waals surface area contributed by atoms with Crippen LogP contribution in [0.3, 0.4) is 0 Å². The van der Waals surface area contributed by atoms with Crippen LogP contribution >= 0.6 is 22.7 Å². The summed E-state index contributed by atoms with van der Waals surface area (Å²) < 4.78 is 2.31. The number of rotatable bonds is 3. The molecule has 2 aromatic heterocycles. The van der Waals surface area contributed by atoms with Crippen LogP contribution in [0.2, 0.25) is 0 Å². The van der Waals surface area contributed by atoms with Gasteiger partial charge in [-0.1, -0.05) is 0 Å². The lowest BCUT2D eigenvalue weighted by atomic mass is 10.2. The molecule has 0 aliphatic carbocycles. The van der Waals surface area contributed by atoms with E-state index in [0.717, 1.165) is 14.3 Å². The Morgan fingerprint density at radius 1 is 1.59 bits per heavy atom. The number of amides is 1. The highest BCUT2D eigenvalue weighted by molar-refractivity contribution is 7.27. The van der Waals surface area contributed by atoms with E-state index in [0.29, 0.717) is 6.54 Å². The lowest BCUT2D eigenvalue weighted by Gasteiger charge is -2.17. The molecule has 1 atom stereocenters. The first kappa shape index (κ1) is 12.1. The lowest BCUT2D eigenvalue weighted by Crippen LogP contribution is -2.30. The first-order chi connectivity index (χ1) is 8.11. The van der Waals surface area contributed by atoms with E-state index in [1.807, 2.05) is 24.4 Å². The molecule has 0 radical (unpaired) electrons. The van der Waals surface area contributed by atoms with E-state index < -0.39 is 0 Å². The van der Waals surface area contributed by atoms with Crippen LogP contribution in [0, 0.1) is 17.2 Å². The number of hydrogen-bond acceptors (Lipinski definition) is 4. The third-order valence-electron chi connectivity index (χ3n) is 2.46. The predicted molar refractivity (Wildman–Crippen MR) is 71.4 cm³/mol. The van der Waals surface area contributed by atoms with Gasteiger partial charge in [-0.15, -0.1) is 22.7 Å². The summed E-state index contributed by atoms with van der Waals surface area (Å²) in [6.45, 7) is 2.29. The van der Waals surface area contributed by atoms with Gasteiger partial charge in [0.1, 0.15) is 0 Å². The Bertz CT molecular complexity index is 550. The fraction of sp³-hybridized carbons (Fsp3) is 0.333. The zero-order chi connectivity index (χ0) is 12.4. The standard InChI is InChI=1S/C12H12N2OS2/c1-8(6-13)7-14(2)12(15)11-5-10-9(17-11)3-4-16-10/h3-5,8H,7H2,1-2H3. The van der Waals surface area contributed by atoms with Crippen molar-refractivity contribution in [1.82, 2.24) is 4.90 Å². The van der Waals surface area contributed by atoms with Gasteiger partial charge in [-0.3, -0.25) is 4.79 Å². The topological polar surface area (TPSA) is 44.1 Å². The van der Waals surface area contributed by atoms with Crippen LogP contribution in [0.4, 0.5) is 0 Å². The molecule has 0 bridgehead atoms. The van der Waals surface area contributed by atoms with Crippen molar-refractivity contribution in [1.29, 1.82) is 5.26 Å². The molecule has 3 nitrogen and oxygen atoms in total. The third-order valence-corrected chi connectivity index (χ3v) is 4.55. The summed E-state index contributed by atoms with van der Waals surface area (Å²) in [6, 6.07) is 6.09. The van der Waals surface area contributed by atoms with Gasteiger partial charge in [0.05, 0.1) is 16.9 Å². The van der Waals surface area contributed by atoms with Gasteiger partial charge in [0.25, 0.3) is 5.91 Å². The number of thiophene rings is 2. The zero-order valence-corrected chi connectivity index (χ0v) is 11.3. The minimum atomic E-state index is -0.134. The van der Waals surface area contributed by atoms with Crippen molar-refractivity contribution in [2.24, 2.45) is 5.92 Å². The number of fused-ring (bicyclic) bond motifs is 1. The molecule has 88 valence electrons. The Kier molecular flexibility index (Phi) is 3.46. The van der Waals surface area contributed by atoms with Gasteiger partial charge in [-0.25, -0.2) is 0 Å². The highest BCUT2D eigenvalue weighted by atomic mass is 32.1. The van der Waals surface area contributed by atoms with Crippen molar-refractivity contribution in [2.45, 2.75) is 6.92 Å².